The molecule has 0 spiro atoms. The lowest BCUT2D eigenvalue weighted by Gasteiger charge is -2.27. The van der Waals surface area contributed by atoms with Crippen LogP contribution < -0.4 is 14.4 Å². The largest absolute Gasteiger partial charge is 0.490 e. The molecule has 0 radical (unpaired) electrons. The van der Waals surface area contributed by atoms with Crippen molar-refractivity contribution in [1.29, 1.82) is 0 Å². The Hall–Kier alpha value is -2.22. The van der Waals surface area contributed by atoms with Crippen molar-refractivity contribution in [2.75, 3.05) is 22.8 Å². The molecule has 0 unspecified atom stereocenters. The highest BCUT2D eigenvalue weighted by Gasteiger charge is 2.37. The summed E-state index contributed by atoms with van der Waals surface area (Å²) in [6.45, 7) is 9.47. The number of nitrogens with one attached hydrogen (secondary N) is 1. The van der Waals surface area contributed by atoms with Gasteiger partial charge in [0.15, 0.2) is 0 Å². The van der Waals surface area contributed by atoms with Gasteiger partial charge in [0.25, 0.3) is 10.0 Å². The summed E-state index contributed by atoms with van der Waals surface area (Å²) in [4.78, 5) is 14.4. The van der Waals surface area contributed by atoms with Crippen LogP contribution in [0.25, 0.3) is 0 Å². The summed E-state index contributed by atoms with van der Waals surface area (Å²) < 4.78 is 34.2. The molecule has 9 heteroatoms. The maximum Gasteiger partial charge on any atom is 0.263 e. The van der Waals surface area contributed by atoms with E-state index in [1.165, 1.54) is 17.0 Å². The molecule has 3 rings (SSSR count). The van der Waals surface area contributed by atoms with E-state index in [1.54, 1.807) is 45.0 Å². The molecule has 0 saturated carbocycles. The van der Waals surface area contributed by atoms with Crippen LogP contribution in [0, 0.1) is 12.3 Å². The van der Waals surface area contributed by atoms with E-state index < -0.39 is 15.4 Å². The maximum atomic E-state index is 13.0. The van der Waals surface area contributed by atoms with Crippen molar-refractivity contribution < 1.29 is 17.9 Å². The topological polar surface area (TPSA) is 75.7 Å². The molecule has 0 bridgehead atoms. The van der Waals surface area contributed by atoms with Crippen LogP contribution in [-0.4, -0.2) is 27.5 Å². The molecule has 0 fully saturated rings. The normalized spacial score (nSPS) is 15.8. The summed E-state index contributed by atoms with van der Waals surface area (Å²) >= 11 is 12.1. The molecule has 1 aliphatic rings. The van der Waals surface area contributed by atoms with Gasteiger partial charge in [0.05, 0.1) is 21.8 Å². The molecule has 2 aromatic rings. The van der Waals surface area contributed by atoms with E-state index in [1.807, 2.05) is 0 Å². The Morgan fingerprint density at radius 3 is 2.60 bits per heavy atom. The summed E-state index contributed by atoms with van der Waals surface area (Å²) in [5.74, 6) is 0.344. The standard InChI is InChI=1S/C21H22Cl2N2O4S/c1-5-8-25-17-10-14(6-7-18(17)29-12-21(3,4)20(25)26)24-30(27,28)19-9-13(2)15(22)11-16(19)23/h5-7,9-11,24H,1,8,12H2,2-4H3. The highest BCUT2D eigenvalue weighted by atomic mass is 35.5. The predicted octanol–water partition coefficient (Wildman–Crippen LogP) is 5.04. The van der Waals surface area contributed by atoms with Crippen LogP contribution >= 0.6 is 23.2 Å². The fourth-order valence-corrected chi connectivity index (χ4v) is 4.95. The number of rotatable bonds is 5. The molecular formula is C21H22Cl2N2O4S. The second-order valence-corrected chi connectivity index (χ2v) is 10.2. The molecule has 0 aromatic heterocycles. The zero-order valence-electron chi connectivity index (χ0n) is 16.8. The third kappa shape index (κ3) is 4.29. The number of sulfonamides is 1. The molecule has 160 valence electrons. The smallest absolute Gasteiger partial charge is 0.263 e. The number of ether oxygens (including phenoxy) is 1. The monoisotopic (exact) mass is 468 g/mol. The van der Waals surface area contributed by atoms with Crippen molar-refractivity contribution in [3.8, 4) is 5.75 Å². The van der Waals surface area contributed by atoms with Crippen LogP contribution in [0.15, 0.2) is 47.9 Å². The second-order valence-electron chi connectivity index (χ2n) is 7.70. The van der Waals surface area contributed by atoms with E-state index in [2.05, 4.69) is 11.3 Å². The molecule has 0 aliphatic carbocycles. The second kappa shape index (κ2) is 8.13. The summed E-state index contributed by atoms with van der Waals surface area (Å²) in [5.41, 5.74) is 0.573. The van der Waals surface area contributed by atoms with E-state index in [9.17, 15) is 13.2 Å². The van der Waals surface area contributed by atoms with Gasteiger partial charge in [0.1, 0.15) is 17.3 Å². The van der Waals surface area contributed by atoms with E-state index in [-0.39, 0.29) is 34.7 Å². The average Bonchev–Trinajstić information content (AvgIpc) is 2.75. The molecule has 30 heavy (non-hydrogen) atoms. The molecule has 2 aromatic carbocycles. The van der Waals surface area contributed by atoms with Crippen molar-refractivity contribution in [3.63, 3.8) is 0 Å². The van der Waals surface area contributed by atoms with Gasteiger partial charge in [-0.3, -0.25) is 9.52 Å². The Kier molecular flexibility index (Phi) is 6.09. The van der Waals surface area contributed by atoms with Gasteiger partial charge in [-0.15, -0.1) is 6.58 Å². The lowest BCUT2D eigenvalue weighted by molar-refractivity contribution is -0.127. The van der Waals surface area contributed by atoms with Gasteiger partial charge in [-0.25, -0.2) is 8.42 Å². The minimum atomic E-state index is -3.99. The van der Waals surface area contributed by atoms with Crippen molar-refractivity contribution in [2.45, 2.75) is 25.7 Å². The number of fused-ring (bicyclic) bond motifs is 1. The number of hydrogen-bond acceptors (Lipinski definition) is 4. The Morgan fingerprint density at radius 2 is 1.93 bits per heavy atom. The summed E-state index contributed by atoms with van der Waals surface area (Å²) in [5, 5.41) is 0.392. The zero-order valence-corrected chi connectivity index (χ0v) is 19.2. The maximum absolute atomic E-state index is 13.0. The third-order valence-electron chi connectivity index (χ3n) is 4.73. The molecule has 6 nitrogen and oxygen atoms in total. The van der Waals surface area contributed by atoms with Crippen molar-refractivity contribution >= 4 is 50.5 Å². The van der Waals surface area contributed by atoms with Gasteiger partial charge in [-0.2, -0.15) is 0 Å². The number of benzene rings is 2. The molecule has 1 N–H and O–H groups in total. The lowest BCUT2D eigenvalue weighted by Crippen LogP contribution is -2.42. The van der Waals surface area contributed by atoms with Crippen LogP contribution in [0.2, 0.25) is 10.0 Å². The minimum Gasteiger partial charge on any atom is -0.490 e. The fourth-order valence-electron chi connectivity index (χ4n) is 3.07. The fraction of sp³-hybridized carbons (Fsp3) is 0.286. The van der Waals surface area contributed by atoms with Gasteiger partial charge in [0, 0.05) is 11.6 Å². The third-order valence-corrected chi connectivity index (χ3v) is 6.98. The first-order valence-electron chi connectivity index (χ1n) is 9.14. The quantitative estimate of drug-likeness (QED) is 0.623. The summed E-state index contributed by atoms with van der Waals surface area (Å²) in [6.07, 6.45) is 1.61. The van der Waals surface area contributed by atoms with E-state index in [0.29, 0.717) is 22.0 Å². The van der Waals surface area contributed by atoms with Gasteiger partial charge in [0.2, 0.25) is 5.91 Å². The van der Waals surface area contributed by atoms with Gasteiger partial charge < -0.3 is 9.64 Å². The summed E-state index contributed by atoms with van der Waals surface area (Å²) in [6, 6.07) is 7.57. The summed E-state index contributed by atoms with van der Waals surface area (Å²) in [7, 11) is -3.99. The number of aryl methyl sites for hydroxylation is 1. The van der Waals surface area contributed by atoms with Crippen LogP contribution in [0.1, 0.15) is 19.4 Å². The Morgan fingerprint density at radius 1 is 1.23 bits per heavy atom. The SMILES string of the molecule is C=CCN1C(=O)C(C)(C)COc2ccc(NS(=O)(=O)c3cc(C)c(Cl)cc3Cl)cc21. The average molecular weight is 469 g/mol. The van der Waals surface area contributed by atoms with E-state index >= 15 is 0 Å². The molecule has 0 saturated heterocycles. The van der Waals surface area contributed by atoms with Crippen LogP contribution in [0.5, 0.6) is 5.75 Å². The van der Waals surface area contributed by atoms with E-state index in [4.69, 9.17) is 27.9 Å². The molecule has 0 atom stereocenters. The first-order valence-corrected chi connectivity index (χ1v) is 11.4. The van der Waals surface area contributed by atoms with Crippen molar-refractivity contribution in [3.05, 3.63) is 58.6 Å². The number of nitrogens with zero attached hydrogens (tertiary/aromatic N) is 1. The predicted molar refractivity (Wildman–Crippen MR) is 120 cm³/mol. The number of amides is 1. The highest BCUT2D eigenvalue weighted by Crippen LogP contribution is 2.39. The van der Waals surface area contributed by atoms with Crippen LogP contribution in [0.3, 0.4) is 0 Å². The van der Waals surface area contributed by atoms with Gasteiger partial charge >= 0.3 is 0 Å². The zero-order chi connectivity index (χ0) is 22.3. The first-order chi connectivity index (χ1) is 14.0. The van der Waals surface area contributed by atoms with Crippen molar-refractivity contribution in [1.82, 2.24) is 0 Å². The van der Waals surface area contributed by atoms with Crippen LogP contribution in [-0.2, 0) is 14.8 Å². The molecular weight excluding hydrogens is 447 g/mol. The molecule has 1 aliphatic heterocycles. The molecule has 1 amide bonds. The number of anilines is 2. The van der Waals surface area contributed by atoms with Crippen LogP contribution in [0.4, 0.5) is 11.4 Å². The number of carbonyl (C=O) groups is 1. The van der Waals surface area contributed by atoms with E-state index in [0.717, 1.165) is 0 Å². The lowest BCUT2D eigenvalue weighted by atomic mass is 9.93. The number of carbonyl (C=O) groups excluding carboxylic acids is 1. The molecule has 1 heterocycles. The Labute approximate surface area is 186 Å². The van der Waals surface area contributed by atoms with Crippen molar-refractivity contribution in [2.24, 2.45) is 5.41 Å². The number of hydrogen-bond donors (Lipinski definition) is 1. The highest BCUT2D eigenvalue weighted by molar-refractivity contribution is 7.92. The Bertz CT molecular complexity index is 1130. The van der Waals surface area contributed by atoms with Gasteiger partial charge in [-0.05, 0) is 56.7 Å². The van der Waals surface area contributed by atoms with Gasteiger partial charge in [-0.1, -0.05) is 29.3 Å². The Balaban J connectivity index is 2.02. The minimum absolute atomic E-state index is 0.0152. The first kappa shape index (κ1) is 22.5. The number of halogens is 2.